The van der Waals surface area contributed by atoms with Crippen molar-refractivity contribution in [3.8, 4) is 0 Å². The zero-order chi connectivity index (χ0) is 7.52. The van der Waals surface area contributed by atoms with E-state index in [9.17, 15) is 0 Å². The van der Waals surface area contributed by atoms with Gasteiger partial charge in [-0.3, -0.25) is 0 Å². The van der Waals surface area contributed by atoms with Crippen LogP contribution < -0.4 is 0 Å². The van der Waals surface area contributed by atoms with Crippen LogP contribution in [0.25, 0.3) is 0 Å². The van der Waals surface area contributed by atoms with Gasteiger partial charge in [-0.1, -0.05) is 12.8 Å². The van der Waals surface area contributed by atoms with Crippen LogP contribution >= 0.6 is 0 Å². The minimum absolute atomic E-state index is 0.0864. The summed E-state index contributed by atoms with van der Waals surface area (Å²) in [6.07, 6.45) is 13.5. The molecule has 0 aromatic heterocycles. The molecule has 0 heterocycles. The third kappa shape index (κ3) is 2.09. The second-order valence-corrected chi connectivity index (χ2v) is 5.86. The quantitative estimate of drug-likeness (QED) is 0.542. The van der Waals surface area contributed by atoms with Gasteiger partial charge in [0.25, 0.3) is 0 Å². The van der Waals surface area contributed by atoms with Gasteiger partial charge in [0.1, 0.15) is 0 Å². The lowest BCUT2D eigenvalue weighted by Gasteiger charge is -1.99. The average Bonchev–Trinajstić information content (AvgIpc) is 2.60. The first-order valence-corrected chi connectivity index (χ1v) is 6.22. The lowest BCUT2D eigenvalue weighted by atomic mass is 10.4. The molecule has 0 amide bonds. The smallest absolute Gasteiger partial charge is 0.190 e. The van der Waals surface area contributed by atoms with E-state index in [2.05, 4.69) is 12.2 Å². The Labute approximate surface area is 78.5 Å². The van der Waals surface area contributed by atoms with Gasteiger partial charge in [0.15, 0.2) is 0 Å². The van der Waals surface area contributed by atoms with E-state index in [0.717, 1.165) is 0 Å². The maximum absolute atomic E-state index is 2.51. The molecule has 0 saturated heterocycles. The van der Waals surface area contributed by atoms with Gasteiger partial charge in [-0.2, -0.15) is 7.40 Å². The SMILES string of the molecule is C1=[C]([Mg][C]2=CCCC2)CCC1. The number of allylic oxidation sites excluding steroid dienone is 4. The summed E-state index contributed by atoms with van der Waals surface area (Å²) < 4.78 is 3.69. The maximum Gasteiger partial charge on any atom is 0.436 e. The zero-order valence-corrected chi connectivity index (χ0v) is 8.52. The lowest BCUT2D eigenvalue weighted by molar-refractivity contribution is 0.916. The van der Waals surface area contributed by atoms with Crippen molar-refractivity contribution in [2.24, 2.45) is 0 Å². The highest BCUT2D eigenvalue weighted by molar-refractivity contribution is 6.54. The number of hydrogen-bond acceptors (Lipinski definition) is 0. The molecule has 0 aliphatic heterocycles. The van der Waals surface area contributed by atoms with Crippen LogP contribution in [-0.4, -0.2) is 20.4 Å². The van der Waals surface area contributed by atoms with Gasteiger partial charge in [-0.25, -0.2) is 0 Å². The van der Waals surface area contributed by atoms with Crippen LogP contribution in [0.1, 0.15) is 38.5 Å². The van der Waals surface area contributed by atoms with Gasteiger partial charge in [-0.15, -0.1) is 12.2 Å². The lowest BCUT2D eigenvalue weighted by Crippen LogP contribution is -1.96. The second kappa shape index (κ2) is 3.77. The van der Waals surface area contributed by atoms with E-state index in [4.69, 9.17) is 0 Å². The highest BCUT2D eigenvalue weighted by atomic mass is 24.5. The molecule has 56 valence electrons. The Morgan fingerprint density at radius 3 is 1.82 bits per heavy atom. The van der Waals surface area contributed by atoms with Gasteiger partial charge >= 0.3 is 20.4 Å². The molecule has 2 rings (SSSR count). The predicted molar refractivity (Wildman–Crippen MR) is 49.6 cm³/mol. The molecule has 2 aliphatic rings. The van der Waals surface area contributed by atoms with Crippen LogP contribution in [0.15, 0.2) is 19.6 Å². The van der Waals surface area contributed by atoms with E-state index in [1.54, 1.807) is 0 Å². The van der Waals surface area contributed by atoms with Crippen LogP contribution in [0.4, 0.5) is 0 Å². The van der Waals surface area contributed by atoms with E-state index < -0.39 is 0 Å². The molecule has 1 heteroatoms. The summed E-state index contributed by atoms with van der Waals surface area (Å²) in [5.41, 5.74) is 0. The highest BCUT2D eigenvalue weighted by Crippen LogP contribution is 2.23. The molecule has 11 heavy (non-hydrogen) atoms. The van der Waals surface area contributed by atoms with Crippen LogP contribution in [0, 0.1) is 0 Å². The molecule has 0 saturated carbocycles. The summed E-state index contributed by atoms with van der Waals surface area (Å²) in [5, 5.41) is 0. The first kappa shape index (κ1) is 7.87. The summed E-state index contributed by atoms with van der Waals surface area (Å²) in [6.45, 7) is 0. The van der Waals surface area contributed by atoms with Crippen molar-refractivity contribution in [3.05, 3.63) is 19.6 Å². The average molecular weight is 159 g/mol. The fourth-order valence-corrected chi connectivity index (χ4v) is 4.22. The molecule has 0 aromatic carbocycles. The highest BCUT2D eigenvalue weighted by Gasteiger charge is 2.12. The Morgan fingerprint density at radius 1 is 0.909 bits per heavy atom. The Morgan fingerprint density at radius 2 is 1.45 bits per heavy atom. The summed E-state index contributed by atoms with van der Waals surface area (Å²) in [4.78, 5) is 0. The second-order valence-electron chi connectivity index (χ2n) is 3.69. The summed E-state index contributed by atoms with van der Waals surface area (Å²) in [7, 11) is 0. The van der Waals surface area contributed by atoms with E-state index in [-0.39, 0.29) is 20.4 Å². The zero-order valence-electron chi connectivity index (χ0n) is 7.10. The van der Waals surface area contributed by atoms with E-state index >= 15 is 0 Å². The normalized spacial score (nSPS) is 22.9. The monoisotopic (exact) mass is 158 g/mol. The standard InChI is InChI=1S/2C5H7.Mg/c2*1-2-4-5-3-1;/h2*1H,2,4-5H2;. The Kier molecular flexibility index (Phi) is 2.70. The molecule has 0 bridgehead atoms. The molecule has 0 aromatic rings. The molecule has 0 nitrogen and oxygen atoms in total. The first-order valence-electron chi connectivity index (χ1n) is 4.81. The fourth-order valence-electron chi connectivity index (χ4n) is 2.09. The molecule has 2 aliphatic carbocycles. The number of rotatable bonds is 2. The van der Waals surface area contributed by atoms with Crippen LogP contribution in [0.5, 0.6) is 0 Å². The van der Waals surface area contributed by atoms with Gasteiger partial charge < -0.3 is 0 Å². The Hall–Kier alpha value is 0.246. The summed E-state index contributed by atoms with van der Waals surface area (Å²) >= 11 is 0.0864. The fraction of sp³-hybridized carbons (Fsp3) is 0.600. The van der Waals surface area contributed by atoms with Gasteiger partial charge in [0.05, 0.1) is 0 Å². The molecule has 0 spiro atoms. The molecular formula is C10H14Mg. The van der Waals surface area contributed by atoms with Crippen molar-refractivity contribution in [1.82, 2.24) is 0 Å². The van der Waals surface area contributed by atoms with E-state index in [0.29, 0.717) is 0 Å². The largest absolute Gasteiger partial charge is 0.436 e. The molecule has 0 N–H and O–H groups in total. The third-order valence-corrected chi connectivity index (χ3v) is 4.92. The van der Waals surface area contributed by atoms with Crippen molar-refractivity contribution in [2.75, 3.05) is 0 Å². The summed E-state index contributed by atoms with van der Waals surface area (Å²) in [5.74, 6) is 0. The van der Waals surface area contributed by atoms with Gasteiger partial charge in [-0.05, 0) is 25.7 Å². The molecule has 0 radical (unpaired) electrons. The molecule has 0 fully saturated rings. The molecule has 0 atom stereocenters. The molecule has 0 unspecified atom stereocenters. The summed E-state index contributed by atoms with van der Waals surface area (Å²) in [6, 6.07) is 0. The topological polar surface area (TPSA) is 0 Å². The number of hydrogen-bond donors (Lipinski definition) is 0. The van der Waals surface area contributed by atoms with Crippen molar-refractivity contribution in [2.45, 2.75) is 38.5 Å². The minimum Gasteiger partial charge on any atom is -0.190 e. The van der Waals surface area contributed by atoms with Crippen molar-refractivity contribution in [1.29, 1.82) is 0 Å². The van der Waals surface area contributed by atoms with Crippen molar-refractivity contribution in [3.63, 3.8) is 0 Å². The first-order chi connectivity index (χ1) is 5.45. The predicted octanol–water partition coefficient (Wildman–Crippen LogP) is 2.83. The molecular weight excluding hydrogens is 144 g/mol. The van der Waals surface area contributed by atoms with Gasteiger partial charge in [0, 0.05) is 0 Å². The van der Waals surface area contributed by atoms with Crippen molar-refractivity contribution >= 4 is 20.4 Å². The van der Waals surface area contributed by atoms with Crippen molar-refractivity contribution < 1.29 is 0 Å². The maximum atomic E-state index is 2.51. The van der Waals surface area contributed by atoms with E-state index in [1.165, 1.54) is 38.5 Å². The minimum atomic E-state index is 0.0864. The van der Waals surface area contributed by atoms with Crippen LogP contribution in [0.2, 0.25) is 0 Å². The van der Waals surface area contributed by atoms with Gasteiger partial charge in [0.2, 0.25) is 0 Å². The van der Waals surface area contributed by atoms with E-state index in [1.807, 2.05) is 7.40 Å². The third-order valence-electron chi connectivity index (χ3n) is 2.72. The van der Waals surface area contributed by atoms with Crippen LogP contribution in [0.3, 0.4) is 0 Å². The van der Waals surface area contributed by atoms with Crippen LogP contribution in [-0.2, 0) is 0 Å². The Balaban J connectivity index is 1.89. The Bertz CT molecular complexity index is 179.